The van der Waals surface area contributed by atoms with Gasteiger partial charge in [0.15, 0.2) is 23.0 Å². The van der Waals surface area contributed by atoms with E-state index in [9.17, 15) is 54.3 Å². The molecule has 0 bridgehead atoms. The van der Waals surface area contributed by atoms with E-state index in [2.05, 4.69) is 24.9 Å². The Kier molecular flexibility index (Phi) is 27.1. The average Bonchev–Trinajstić information content (AvgIpc) is 1.59. The first-order valence-electron chi connectivity index (χ1n) is 40.5. The van der Waals surface area contributed by atoms with Crippen LogP contribution in [0.15, 0.2) is 304 Å². The summed E-state index contributed by atoms with van der Waals surface area (Å²) in [7, 11) is -3.10. The fourth-order valence-electron chi connectivity index (χ4n) is 16.0. The van der Waals surface area contributed by atoms with Crippen LogP contribution in [0.25, 0.3) is 55.0 Å². The van der Waals surface area contributed by atoms with Crippen LogP contribution in [0.2, 0.25) is 0 Å². The first-order valence-corrected chi connectivity index (χ1v) is 41.9. The number of hydrogen-bond donors (Lipinski definition) is 3. The molecule has 3 aliphatic heterocycles. The second-order valence-corrected chi connectivity index (χ2v) is 31.5. The number of halogens is 6. The van der Waals surface area contributed by atoms with E-state index in [1.54, 1.807) is 91.3 Å². The lowest BCUT2D eigenvalue weighted by molar-refractivity contribution is -0.0500. The summed E-state index contributed by atoms with van der Waals surface area (Å²) in [5.41, 5.74) is 5.83. The predicted molar refractivity (Wildman–Crippen MR) is 480 cm³/mol. The number of methoxy groups -OCH3 is 3. The van der Waals surface area contributed by atoms with E-state index in [4.69, 9.17) is 42.9 Å². The Morgan fingerprint density at radius 2 is 0.702 bits per heavy atom. The van der Waals surface area contributed by atoms with Gasteiger partial charge in [-0.05, 0) is 141 Å². The summed E-state index contributed by atoms with van der Waals surface area (Å²) in [4.78, 5) is 72.4. The van der Waals surface area contributed by atoms with E-state index >= 15 is 0 Å². The number of pyridine rings is 6. The molecular formula is C100H80BF6N9O14S. The Morgan fingerprint density at radius 1 is 0.382 bits per heavy atom. The van der Waals surface area contributed by atoms with Crippen molar-refractivity contribution in [3.8, 4) is 62.9 Å². The number of carbonyl (C=O) groups is 3. The van der Waals surface area contributed by atoms with E-state index in [1.807, 2.05) is 158 Å². The molecule has 19 rings (SSSR count). The number of ether oxygens (including phenoxy) is 5. The summed E-state index contributed by atoms with van der Waals surface area (Å²) in [5.74, 6) is -1.59. The van der Waals surface area contributed by atoms with Crippen LogP contribution in [0.1, 0.15) is 106 Å². The molecule has 0 fully saturated rings. The van der Waals surface area contributed by atoms with Crippen LogP contribution in [0.5, 0.6) is 40.6 Å². The highest BCUT2D eigenvalue weighted by atomic mass is 32.2. The average molecular weight is 1790 g/mol. The molecule has 131 heavy (non-hydrogen) atoms. The number of phenolic OH excluding ortho intramolecular Hbond substituents is 1. The summed E-state index contributed by atoms with van der Waals surface area (Å²) < 4.78 is 140. The maximum atomic E-state index is 14.4. The molecule has 10 aromatic carbocycles. The Hall–Kier alpha value is -15.6. The molecule has 0 aliphatic carbocycles. The van der Waals surface area contributed by atoms with Crippen molar-refractivity contribution in [2.75, 3.05) is 21.3 Å². The highest BCUT2D eigenvalue weighted by Gasteiger charge is 2.50. The zero-order valence-corrected chi connectivity index (χ0v) is 70.2. The number of alkyl halides is 3. The number of benzene rings is 10. The molecule has 9 heterocycles. The molecule has 31 heteroatoms. The van der Waals surface area contributed by atoms with Gasteiger partial charge in [0, 0.05) is 119 Å². The van der Waals surface area contributed by atoms with E-state index in [-0.39, 0.29) is 101 Å². The highest BCUT2D eigenvalue weighted by Crippen LogP contribution is 2.52. The monoisotopic (exact) mass is 1790 g/mol. The number of aromatic hydroxyl groups is 1. The maximum Gasteiger partial charge on any atom is 0.534 e. The first-order chi connectivity index (χ1) is 63.0. The van der Waals surface area contributed by atoms with E-state index in [0.29, 0.717) is 81.4 Å². The summed E-state index contributed by atoms with van der Waals surface area (Å²) in [6.07, 6.45) is 8.19. The van der Waals surface area contributed by atoms with E-state index in [0.717, 1.165) is 55.5 Å². The quantitative estimate of drug-likeness (QED) is 0.0246. The molecule has 0 unspecified atom stereocenters. The second kappa shape index (κ2) is 39.3. The highest BCUT2D eigenvalue weighted by molar-refractivity contribution is 7.88. The SMILES string of the molecule is C.COc1ncccc1-c1c2c(c(O)c3ncccc13)C(=O)N(Cc1ccc(F)cc1)C2.COc1ncccc1-c1c2c(c(OC(c3ccccc3)c3ccccc3)c3ncccc13)C(=O)N(Cc1ccc(F)cc1)C2.COc1ncccc1B(O)O.O=C1c2c(c(OS(=O)(=O)C(F)(F)F)c3cccnc3c2OC(c2ccccc2)c2ccccc2)CN1Cc1ccc(F)cc1. The zero-order valence-electron chi connectivity index (χ0n) is 69.4. The Morgan fingerprint density at radius 3 is 1.08 bits per heavy atom. The number of nitrogens with zero attached hydrogens (tertiary/aromatic N) is 9. The van der Waals surface area contributed by atoms with Crippen molar-refractivity contribution < 1.29 is 92.2 Å². The van der Waals surface area contributed by atoms with Crippen LogP contribution in [0.4, 0.5) is 26.3 Å². The predicted octanol–water partition coefficient (Wildman–Crippen LogP) is 18.4. The lowest BCUT2D eigenvalue weighted by Gasteiger charge is -2.24. The molecule has 660 valence electrons. The smallest absolute Gasteiger partial charge is 0.505 e. The van der Waals surface area contributed by atoms with Crippen molar-refractivity contribution in [2.45, 2.75) is 64.4 Å². The largest absolute Gasteiger partial charge is 0.534 e. The molecular weight excluding hydrogens is 1710 g/mol. The van der Waals surface area contributed by atoms with Gasteiger partial charge >= 0.3 is 22.7 Å². The van der Waals surface area contributed by atoms with Gasteiger partial charge in [0.2, 0.25) is 17.6 Å². The van der Waals surface area contributed by atoms with Gasteiger partial charge in [-0.15, -0.1) is 0 Å². The molecule has 0 radical (unpaired) electrons. The molecule has 0 saturated carbocycles. The Labute approximate surface area is 748 Å². The normalized spacial score (nSPS) is 12.6. The van der Waals surface area contributed by atoms with Gasteiger partial charge < -0.3 is 57.7 Å². The number of carbonyl (C=O) groups excluding carboxylic acids is 3. The van der Waals surface area contributed by atoms with Crippen LogP contribution >= 0.6 is 0 Å². The number of phenols is 1. The molecule has 0 saturated heterocycles. The minimum absolute atomic E-state index is 0. The third-order valence-electron chi connectivity index (χ3n) is 21.8. The fraction of sp³-hybridized carbons (Fsp3) is 0.130. The Bertz CT molecular complexity index is 6920. The van der Waals surface area contributed by atoms with Crippen molar-refractivity contribution in [3.05, 3.63) is 394 Å². The topological polar surface area (TPSA) is 288 Å². The number of amides is 3. The molecule has 3 aliphatic rings. The minimum atomic E-state index is -6.12. The Balaban J connectivity index is 0.000000143. The number of hydrogen-bond acceptors (Lipinski definition) is 20. The molecule has 23 nitrogen and oxygen atoms in total. The van der Waals surface area contributed by atoms with Crippen LogP contribution < -0.4 is 33.3 Å². The summed E-state index contributed by atoms with van der Waals surface area (Å²) in [6, 6.07) is 76.6. The number of aromatic nitrogens is 6. The molecule has 3 N–H and O–H groups in total. The van der Waals surface area contributed by atoms with Crippen LogP contribution in [-0.2, 0) is 49.4 Å². The third-order valence-corrected chi connectivity index (χ3v) is 22.8. The van der Waals surface area contributed by atoms with Crippen LogP contribution in [0, 0.1) is 17.5 Å². The van der Waals surface area contributed by atoms with E-state index < -0.39 is 52.4 Å². The van der Waals surface area contributed by atoms with Gasteiger partial charge in [0.1, 0.15) is 46.2 Å². The van der Waals surface area contributed by atoms with E-state index in [1.165, 1.54) is 91.1 Å². The summed E-state index contributed by atoms with van der Waals surface area (Å²) >= 11 is 0. The maximum absolute atomic E-state index is 14.4. The summed E-state index contributed by atoms with van der Waals surface area (Å²) in [6.45, 7) is 0.848. The van der Waals surface area contributed by atoms with Gasteiger partial charge in [-0.25, -0.2) is 28.1 Å². The fourth-order valence-corrected chi connectivity index (χ4v) is 16.5. The molecule has 6 aromatic heterocycles. The lowest BCUT2D eigenvalue weighted by atomic mass is 9.81. The molecule has 16 aromatic rings. The first kappa shape index (κ1) is 90.2. The van der Waals surface area contributed by atoms with Crippen molar-refractivity contribution in [2.24, 2.45) is 0 Å². The number of fused-ring (bicyclic) bond motifs is 6. The van der Waals surface area contributed by atoms with Gasteiger partial charge in [-0.1, -0.05) is 183 Å². The van der Waals surface area contributed by atoms with Crippen molar-refractivity contribution in [3.63, 3.8) is 0 Å². The summed E-state index contributed by atoms with van der Waals surface area (Å²) in [5, 5.41) is 29.9. The molecule has 3 amide bonds. The van der Waals surface area contributed by atoms with Gasteiger partial charge in [-0.3, -0.25) is 29.3 Å². The number of rotatable bonds is 22. The van der Waals surface area contributed by atoms with Crippen molar-refractivity contribution >= 4 is 73.1 Å². The standard InChI is InChI=1S/C37H28FN3O3.C32H22F4N2O5S.C24H18FN3O3.C6H8BNO3.CH4/c1-43-36-29(15-9-21-40-36)31-28-14-8-20-39-33(28)35(44-34(25-10-4-2-5-11-25)26-12-6-3-7-13-26)32-30(31)23-41(37(32)42)22-24-16-18-27(38)19-17-24;33-23-15-13-20(14-16-23)18-38-19-25-26(31(38)39)30(42-28(21-8-3-1-4-9-21)22-10-5-2-6-11-22)27-24(12-7-17-37-27)29(25)43-44(40,41)32(34,35)36;1-31-23-17(5-3-11-27-23)19-16-4-2-10-26-21(16)22(29)20-18(19)13-28(24(20)30)12-14-6-8-15(25)9-7-14;1-11-6-5(7(9)10)3-2-4-8-6;/h2-21,34H,22-23H2,1H3;1-17,28H,18-19H2;2-11,29H,12-13H2,1H3;2-4,9-10H,1H3;1H4. The van der Waals surface area contributed by atoms with Crippen molar-refractivity contribution in [1.29, 1.82) is 0 Å². The lowest BCUT2D eigenvalue weighted by Crippen LogP contribution is -2.31. The van der Waals surface area contributed by atoms with Crippen LogP contribution in [0.3, 0.4) is 0 Å². The molecule has 0 spiro atoms. The van der Waals surface area contributed by atoms with Gasteiger partial charge in [0.05, 0.1) is 44.6 Å². The zero-order chi connectivity index (χ0) is 90.9. The minimum Gasteiger partial charge on any atom is -0.505 e. The van der Waals surface area contributed by atoms with Gasteiger partial charge in [-0.2, -0.15) is 21.6 Å². The third kappa shape index (κ3) is 18.9. The van der Waals surface area contributed by atoms with Gasteiger partial charge in [0.25, 0.3) is 17.7 Å². The molecule has 0 atom stereocenters. The van der Waals surface area contributed by atoms with Crippen molar-refractivity contribution in [1.82, 2.24) is 44.6 Å². The second-order valence-electron chi connectivity index (χ2n) is 29.9. The van der Waals surface area contributed by atoms with Crippen LogP contribution in [-0.4, -0.2) is 120 Å².